The van der Waals surface area contributed by atoms with Crippen molar-refractivity contribution in [3.8, 4) is 11.3 Å². The second-order valence-corrected chi connectivity index (χ2v) is 8.36. The van der Waals surface area contributed by atoms with Crippen molar-refractivity contribution >= 4 is 27.4 Å². The second-order valence-electron chi connectivity index (χ2n) is 7.44. The van der Waals surface area contributed by atoms with E-state index >= 15 is 0 Å². The Morgan fingerprint density at radius 3 is 2.33 bits per heavy atom. The molecule has 1 saturated heterocycles. The maximum atomic E-state index is 13.7. The molecule has 3 heterocycles. The highest BCUT2D eigenvalue weighted by Gasteiger charge is 2.35. The van der Waals surface area contributed by atoms with Gasteiger partial charge < -0.3 is 0 Å². The van der Waals surface area contributed by atoms with Crippen LogP contribution in [-0.2, 0) is 6.18 Å². The maximum Gasteiger partial charge on any atom is 0.433 e. The zero-order chi connectivity index (χ0) is 21.3. The van der Waals surface area contributed by atoms with Crippen molar-refractivity contribution < 1.29 is 18.0 Å². The minimum atomic E-state index is -4.64. The zero-order valence-electron chi connectivity index (χ0n) is 16.1. The summed E-state index contributed by atoms with van der Waals surface area (Å²) in [6, 6.07) is 9.15. The minimum absolute atomic E-state index is 0.00181. The van der Waals surface area contributed by atoms with Crippen LogP contribution in [0.1, 0.15) is 41.9 Å². The van der Waals surface area contributed by atoms with Crippen LogP contribution in [0.5, 0.6) is 0 Å². The molecule has 1 aromatic carbocycles. The van der Waals surface area contributed by atoms with E-state index in [1.807, 2.05) is 4.90 Å². The van der Waals surface area contributed by atoms with Gasteiger partial charge in [-0.25, -0.2) is 9.50 Å². The van der Waals surface area contributed by atoms with E-state index in [0.29, 0.717) is 5.56 Å². The van der Waals surface area contributed by atoms with Crippen LogP contribution in [0, 0.1) is 0 Å². The Morgan fingerprint density at radius 1 is 1.03 bits per heavy atom. The number of rotatable bonds is 4. The molecule has 0 saturated carbocycles. The molecule has 2 aromatic heterocycles. The van der Waals surface area contributed by atoms with Gasteiger partial charge in [-0.2, -0.15) is 18.3 Å². The van der Waals surface area contributed by atoms with Crippen LogP contribution in [0.15, 0.2) is 40.9 Å². The molecule has 1 fully saturated rings. The van der Waals surface area contributed by atoms with Crippen molar-refractivity contribution in [1.82, 2.24) is 19.5 Å². The molecule has 0 unspecified atom stereocenters. The van der Waals surface area contributed by atoms with Crippen LogP contribution < -0.4 is 0 Å². The number of likely N-dealkylation sites (tertiary alicyclic amines) is 1. The standard InChI is InChI=1S/C21H20BrF3N4O/c22-15-7-5-14(6-8-15)16-11-19(21(23,24)25)29-20(26-16)12-17(27-29)18(30)13-28-9-3-1-2-4-10-28/h5-8,11-12H,1-4,9-10,13H2. The van der Waals surface area contributed by atoms with Gasteiger partial charge in [0.15, 0.2) is 17.1 Å². The summed E-state index contributed by atoms with van der Waals surface area (Å²) in [7, 11) is 0. The molecule has 5 nitrogen and oxygen atoms in total. The molecular formula is C21H20BrF3N4O. The molecule has 0 aliphatic carbocycles. The van der Waals surface area contributed by atoms with Crippen molar-refractivity contribution in [2.24, 2.45) is 0 Å². The first-order valence-electron chi connectivity index (χ1n) is 9.81. The number of benzene rings is 1. The van der Waals surface area contributed by atoms with Crippen LogP contribution in [0.25, 0.3) is 16.9 Å². The van der Waals surface area contributed by atoms with Crippen LogP contribution in [0.2, 0.25) is 0 Å². The number of fused-ring (bicyclic) bond motifs is 1. The molecule has 0 spiro atoms. The Morgan fingerprint density at radius 2 is 1.70 bits per heavy atom. The van der Waals surface area contributed by atoms with Gasteiger partial charge in [0.1, 0.15) is 5.69 Å². The third kappa shape index (κ3) is 4.57. The molecule has 1 aliphatic rings. The van der Waals surface area contributed by atoms with Gasteiger partial charge in [0.05, 0.1) is 12.2 Å². The van der Waals surface area contributed by atoms with Crippen LogP contribution in [0.4, 0.5) is 13.2 Å². The predicted octanol–water partition coefficient (Wildman–Crippen LogP) is 5.24. The number of alkyl halides is 3. The largest absolute Gasteiger partial charge is 0.433 e. The van der Waals surface area contributed by atoms with Crippen LogP contribution >= 0.6 is 15.9 Å². The first-order chi connectivity index (χ1) is 14.3. The summed E-state index contributed by atoms with van der Waals surface area (Å²) in [5.74, 6) is -0.291. The van der Waals surface area contributed by atoms with Crippen molar-refractivity contribution in [2.75, 3.05) is 19.6 Å². The topological polar surface area (TPSA) is 50.5 Å². The monoisotopic (exact) mass is 480 g/mol. The maximum absolute atomic E-state index is 13.7. The SMILES string of the molecule is O=C(CN1CCCCCC1)c1cc2nc(-c3ccc(Br)cc3)cc(C(F)(F)F)n2n1. The summed E-state index contributed by atoms with van der Waals surface area (Å²) < 4.78 is 42.7. The number of hydrogen-bond donors (Lipinski definition) is 0. The normalized spacial score (nSPS) is 16.0. The van der Waals surface area contributed by atoms with Gasteiger partial charge in [-0.1, -0.05) is 40.9 Å². The number of nitrogens with zero attached hydrogens (tertiary/aromatic N) is 4. The molecule has 0 radical (unpaired) electrons. The Bertz CT molecular complexity index is 1050. The molecular weight excluding hydrogens is 461 g/mol. The molecule has 30 heavy (non-hydrogen) atoms. The smallest absolute Gasteiger partial charge is 0.296 e. The quantitative estimate of drug-likeness (QED) is 0.479. The van der Waals surface area contributed by atoms with E-state index in [0.717, 1.165) is 53.8 Å². The fourth-order valence-corrected chi connectivity index (χ4v) is 3.92. The summed E-state index contributed by atoms with van der Waals surface area (Å²) in [5.41, 5.74) is -0.231. The molecule has 0 bridgehead atoms. The number of Topliss-reactive ketones (excluding diaryl/α,β-unsaturated/α-hetero) is 1. The molecule has 0 amide bonds. The predicted molar refractivity (Wildman–Crippen MR) is 110 cm³/mol. The molecule has 3 aromatic rings. The van der Waals surface area contributed by atoms with Crippen molar-refractivity contribution in [3.63, 3.8) is 0 Å². The average Bonchev–Trinajstić information content (AvgIpc) is 2.97. The van der Waals surface area contributed by atoms with Crippen molar-refractivity contribution in [3.05, 3.63) is 52.3 Å². The minimum Gasteiger partial charge on any atom is -0.296 e. The number of hydrogen-bond acceptors (Lipinski definition) is 4. The van der Waals surface area contributed by atoms with E-state index in [9.17, 15) is 18.0 Å². The highest BCUT2D eigenvalue weighted by Crippen LogP contribution is 2.32. The highest BCUT2D eigenvalue weighted by atomic mass is 79.9. The van der Waals surface area contributed by atoms with Gasteiger partial charge in [0.25, 0.3) is 0 Å². The summed E-state index contributed by atoms with van der Waals surface area (Å²) in [5, 5.41) is 3.97. The van der Waals surface area contributed by atoms with Gasteiger partial charge in [0, 0.05) is 16.1 Å². The van der Waals surface area contributed by atoms with Gasteiger partial charge in [-0.05, 0) is 44.1 Å². The van der Waals surface area contributed by atoms with Crippen LogP contribution in [0.3, 0.4) is 0 Å². The number of halogens is 4. The molecule has 1 aliphatic heterocycles. The van der Waals surface area contributed by atoms with Gasteiger partial charge >= 0.3 is 6.18 Å². The third-order valence-corrected chi connectivity index (χ3v) is 5.74. The summed E-state index contributed by atoms with van der Waals surface area (Å²) in [6.07, 6.45) is -0.320. The van der Waals surface area contributed by atoms with E-state index < -0.39 is 11.9 Å². The lowest BCUT2D eigenvalue weighted by Crippen LogP contribution is -2.31. The lowest BCUT2D eigenvalue weighted by molar-refractivity contribution is -0.142. The van der Waals surface area contributed by atoms with E-state index in [1.165, 1.54) is 6.07 Å². The van der Waals surface area contributed by atoms with E-state index in [1.54, 1.807) is 24.3 Å². The van der Waals surface area contributed by atoms with Crippen molar-refractivity contribution in [1.29, 1.82) is 0 Å². The molecule has 0 atom stereocenters. The molecule has 9 heteroatoms. The fourth-order valence-electron chi connectivity index (χ4n) is 3.66. The molecule has 4 rings (SSSR count). The third-order valence-electron chi connectivity index (χ3n) is 5.21. The van der Waals surface area contributed by atoms with Gasteiger partial charge in [0.2, 0.25) is 0 Å². The Hall–Kier alpha value is -2.26. The lowest BCUT2D eigenvalue weighted by Gasteiger charge is -2.17. The molecule has 158 valence electrons. The van der Waals surface area contributed by atoms with Crippen molar-refractivity contribution in [2.45, 2.75) is 31.9 Å². The Kier molecular flexibility index (Phi) is 5.92. The molecule has 0 N–H and O–H groups in total. The highest BCUT2D eigenvalue weighted by molar-refractivity contribution is 9.10. The summed E-state index contributed by atoms with van der Waals surface area (Å²) >= 11 is 3.31. The Labute approximate surface area is 180 Å². The fraction of sp³-hybridized carbons (Fsp3) is 0.381. The number of carbonyl (C=O) groups excluding carboxylic acids is 1. The zero-order valence-corrected chi connectivity index (χ0v) is 17.7. The summed E-state index contributed by atoms with van der Waals surface area (Å²) in [4.78, 5) is 19.1. The van der Waals surface area contributed by atoms with Crippen LogP contribution in [-0.4, -0.2) is 44.9 Å². The number of ketones is 1. The number of aromatic nitrogens is 3. The Balaban J connectivity index is 1.71. The number of carbonyl (C=O) groups is 1. The average molecular weight is 481 g/mol. The first-order valence-corrected chi connectivity index (χ1v) is 10.6. The lowest BCUT2D eigenvalue weighted by atomic mass is 10.1. The summed E-state index contributed by atoms with van der Waals surface area (Å²) in [6.45, 7) is 1.79. The first kappa shape index (κ1) is 21.0. The van der Waals surface area contributed by atoms with Gasteiger partial charge in [-0.15, -0.1) is 0 Å². The van der Waals surface area contributed by atoms with Gasteiger partial charge in [-0.3, -0.25) is 9.69 Å². The second kappa shape index (κ2) is 8.47. The van der Waals surface area contributed by atoms with E-state index in [4.69, 9.17) is 0 Å². The van der Waals surface area contributed by atoms with E-state index in [2.05, 4.69) is 26.0 Å². The van der Waals surface area contributed by atoms with E-state index in [-0.39, 0.29) is 29.4 Å².